The van der Waals surface area contributed by atoms with Crippen LogP contribution in [0.1, 0.15) is 65.2 Å². The molecule has 1 aliphatic carbocycles. The van der Waals surface area contributed by atoms with Gasteiger partial charge in [-0.25, -0.2) is 0 Å². The fraction of sp³-hybridized carbons (Fsp3) is 0.609. The molecule has 0 fully saturated rings. The number of carbonyl (C=O) groups is 3. The molecule has 5 heteroatoms. The molecule has 0 saturated heterocycles. The van der Waals surface area contributed by atoms with Crippen LogP contribution >= 0.6 is 0 Å². The molecule has 156 valence electrons. The Morgan fingerprint density at radius 3 is 2.68 bits per heavy atom. The molecule has 0 aromatic heterocycles. The van der Waals surface area contributed by atoms with Crippen LogP contribution in [0.15, 0.2) is 36.5 Å². The maximum absolute atomic E-state index is 12.2. The lowest BCUT2D eigenvalue weighted by Crippen LogP contribution is -2.16. The second-order valence-corrected chi connectivity index (χ2v) is 7.15. The van der Waals surface area contributed by atoms with Gasteiger partial charge in [0.15, 0.2) is 5.78 Å². The van der Waals surface area contributed by atoms with E-state index in [1.165, 1.54) is 14.0 Å². The van der Waals surface area contributed by atoms with Crippen molar-refractivity contribution in [2.75, 3.05) is 7.11 Å². The maximum Gasteiger partial charge on any atom is 0.305 e. The van der Waals surface area contributed by atoms with Crippen LogP contribution in [0.5, 0.6) is 0 Å². The van der Waals surface area contributed by atoms with Crippen LogP contribution in [0.3, 0.4) is 0 Å². The van der Waals surface area contributed by atoms with Gasteiger partial charge in [0.2, 0.25) is 0 Å². The fourth-order valence-electron chi connectivity index (χ4n) is 3.21. The summed E-state index contributed by atoms with van der Waals surface area (Å²) in [5.41, 5.74) is 0. The van der Waals surface area contributed by atoms with Gasteiger partial charge in [0.25, 0.3) is 0 Å². The van der Waals surface area contributed by atoms with E-state index in [0.29, 0.717) is 12.8 Å². The molecular weight excluding hydrogens is 356 g/mol. The highest BCUT2D eigenvalue weighted by Gasteiger charge is 2.27. The number of esters is 2. The first-order chi connectivity index (χ1) is 13.5. The van der Waals surface area contributed by atoms with Gasteiger partial charge in [-0.1, -0.05) is 44.1 Å². The molecule has 0 saturated carbocycles. The van der Waals surface area contributed by atoms with Gasteiger partial charge in [0.05, 0.1) is 7.11 Å². The molecule has 0 unspecified atom stereocenters. The number of hydrogen-bond donors (Lipinski definition) is 0. The minimum absolute atomic E-state index is 0.0245. The predicted molar refractivity (Wildman–Crippen MR) is 110 cm³/mol. The molecule has 0 aliphatic heterocycles. The minimum Gasteiger partial charge on any atom is -0.469 e. The van der Waals surface area contributed by atoms with Gasteiger partial charge < -0.3 is 9.47 Å². The zero-order valence-electron chi connectivity index (χ0n) is 17.4. The third-order valence-electron chi connectivity index (χ3n) is 4.81. The average Bonchev–Trinajstić information content (AvgIpc) is 3.01. The smallest absolute Gasteiger partial charge is 0.305 e. The third-order valence-corrected chi connectivity index (χ3v) is 4.81. The zero-order valence-corrected chi connectivity index (χ0v) is 17.4. The zero-order chi connectivity index (χ0) is 20.8. The Bertz CT molecular complexity index is 588. The number of allylic oxidation sites excluding steroid dienone is 5. The van der Waals surface area contributed by atoms with E-state index in [1.807, 2.05) is 30.4 Å². The maximum atomic E-state index is 12.2. The van der Waals surface area contributed by atoms with Gasteiger partial charge in [-0.15, -0.1) is 0 Å². The molecular formula is C23H34O5. The summed E-state index contributed by atoms with van der Waals surface area (Å²) in [5, 5.41) is 0. The summed E-state index contributed by atoms with van der Waals surface area (Å²) >= 11 is 0. The summed E-state index contributed by atoms with van der Waals surface area (Å²) in [5.74, 6) is -0.437. The lowest BCUT2D eigenvalue weighted by molar-refractivity contribution is -0.144. The van der Waals surface area contributed by atoms with Crippen molar-refractivity contribution in [3.8, 4) is 0 Å². The standard InChI is InChI=1S/C23H34O5/c1-4-5-8-11-20(28-18(2)24)16-14-19-15-17-22(25)21(19)12-9-6-7-10-13-23(26)27-3/h6,9,14-17,19-21H,4-5,7-8,10-13H2,1-3H3/b9-6-,16-14+/t19-,20-,21+/m0/s1. The Morgan fingerprint density at radius 2 is 2.00 bits per heavy atom. The topological polar surface area (TPSA) is 69.7 Å². The summed E-state index contributed by atoms with van der Waals surface area (Å²) in [6.07, 6.45) is 17.9. The largest absolute Gasteiger partial charge is 0.469 e. The third kappa shape index (κ3) is 9.67. The number of unbranched alkanes of at least 4 members (excludes halogenated alkanes) is 3. The van der Waals surface area contributed by atoms with Crippen molar-refractivity contribution in [1.29, 1.82) is 0 Å². The van der Waals surface area contributed by atoms with E-state index in [0.717, 1.165) is 38.5 Å². The van der Waals surface area contributed by atoms with Gasteiger partial charge in [-0.3, -0.25) is 14.4 Å². The number of hydrogen-bond acceptors (Lipinski definition) is 5. The Morgan fingerprint density at radius 1 is 1.21 bits per heavy atom. The molecule has 1 rings (SSSR count). The monoisotopic (exact) mass is 390 g/mol. The van der Waals surface area contributed by atoms with Crippen LogP contribution in [0.25, 0.3) is 0 Å². The van der Waals surface area contributed by atoms with Gasteiger partial charge in [-0.2, -0.15) is 0 Å². The molecule has 0 N–H and O–H groups in total. The number of carbonyl (C=O) groups excluding carboxylic acids is 3. The number of methoxy groups -OCH3 is 1. The van der Waals surface area contributed by atoms with Crippen LogP contribution in [-0.2, 0) is 23.9 Å². The molecule has 0 spiro atoms. The molecule has 0 heterocycles. The van der Waals surface area contributed by atoms with Crippen molar-refractivity contribution >= 4 is 17.7 Å². The second kappa shape index (κ2) is 13.9. The molecule has 28 heavy (non-hydrogen) atoms. The second-order valence-electron chi connectivity index (χ2n) is 7.15. The summed E-state index contributed by atoms with van der Waals surface area (Å²) in [4.78, 5) is 34.6. The van der Waals surface area contributed by atoms with Crippen LogP contribution in [-0.4, -0.2) is 30.9 Å². The number of rotatable bonds is 13. The number of ketones is 1. The lowest BCUT2D eigenvalue weighted by Gasteiger charge is -2.16. The molecule has 3 atom stereocenters. The molecule has 0 bridgehead atoms. The van der Waals surface area contributed by atoms with Crippen molar-refractivity contribution < 1.29 is 23.9 Å². The van der Waals surface area contributed by atoms with E-state index in [4.69, 9.17) is 4.74 Å². The van der Waals surface area contributed by atoms with Crippen molar-refractivity contribution in [3.05, 3.63) is 36.5 Å². The van der Waals surface area contributed by atoms with Gasteiger partial charge in [0, 0.05) is 25.2 Å². The quantitative estimate of drug-likeness (QED) is 0.259. The van der Waals surface area contributed by atoms with Crippen LogP contribution in [0.4, 0.5) is 0 Å². The van der Waals surface area contributed by atoms with Crippen molar-refractivity contribution in [1.82, 2.24) is 0 Å². The first-order valence-electron chi connectivity index (χ1n) is 10.3. The molecule has 0 radical (unpaired) electrons. The Labute approximate surface area is 168 Å². The normalized spacial score (nSPS) is 20.2. The Hall–Kier alpha value is -2.17. The van der Waals surface area contributed by atoms with E-state index in [1.54, 1.807) is 6.08 Å². The van der Waals surface area contributed by atoms with Crippen LogP contribution in [0.2, 0.25) is 0 Å². The molecule has 0 aromatic rings. The molecule has 1 aliphatic rings. The summed E-state index contributed by atoms with van der Waals surface area (Å²) < 4.78 is 10.00. The minimum atomic E-state index is -0.282. The van der Waals surface area contributed by atoms with Gasteiger partial charge in [-0.05, 0) is 44.3 Å². The first kappa shape index (κ1) is 23.9. The van der Waals surface area contributed by atoms with Gasteiger partial charge in [0.1, 0.15) is 6.10 Å². The van der Waals surface area contributed by atoms with Crippen LogP contribution < -0.4 is 0 Å². The van der Waals surface area contributed by atoms with Crippen molar-refractivity contribution in [2.45, 2.75) is 71.3 Å². The molecule has 0 aromatic carbocycles. The van der Waals surface area contributed by atoms with E-state index < -0.39 is 0 Å². The van der Waals surface area contributed by atoms with Crippen molar-refractivity contribution in [3.63, 3.8) is 0 Å². The first-order valence-corrected chi connectivity index (χ1v) is 10.3. The fourth-order valence-corrected chi connectivity index (χ4v) is 3.21. The van der Waals surface area contributed by atoms with Crippen LogP contribution in [0, 0.1) is 11.8 Å². The summed E-state index contributed by atoms with van der Waals surface area (Å²) in [6.45, 7) is 3.56. The van der Waals surface area contributed by atoms with E-state index >= 15 is 0 Å². The molecule has 5 nitrogen and oxygen atoms in total. The highest BCUT2D eigenvalue weighted by Crippen LogP contribution is 2.28. The molecule has 0 amide bonds. The lowest BCUT2D eigenvalue weighted by atomic mass is 9.90. The van der Waals surface area contributed by atoms with E-state index in [-0.39, 0.29) is 35.7 Å². The predicted octanol–water partition coefficient (Wildman–Crippen LogP) is 4.72. The SMILES string of the molecule is CCCCC[C@@H](/C=C/[C@H]1C=CC(=O)[C@@H]1C/C=C\CCCC(=O)OC)OC(C)=O. The summed E-state index contributed by atoms with van der Waals surface area (Å²) in [7, 11) is 1.39. The Balaban J connectivity index is 2.53. The average molecular weight is 391 g/mol. The van der Waals surface area contributed by atoms with Gasteiger partial charge >= 0.3 is 11.9 Å². The van der Waals surface area contributed by atoms with E-state index in [2.05, 4.69) is 11.7 Å². The van der Waals surface area contributed by atoms with Crippen molar-refractivity contribution in [2.24, 2.45) is 11.8 Å². The van der Waals surface area contributed by atoms with E-state index in [9.17, 15) is 14.4 Å². The number of ether oxygens (including phenoxy) is 2. The summed E-state index contributed by atoms with van der Waals surface area (Å²) in [6, 6.07) is 0. The highest BCUT2D eigenvalue weighted by molar-refractivity contribution is 5.95. The highest BCUT2D eigenvalue weighted by atomic mass is 16.5. The Kier molecular flexibility index (Phi) is 11.9.